The van der Waals surface area contributed by atoms with E-state index in [0.29, 0.717) is 6.61 Å². The highest BCUT2D eigenvalue weighted by Crippen LogP contribution is 2.29. The number of nitrogens with one attached hydrogen (secondary N) is 1. The zero-order chi connectivity index (χ0) is 15.1. The first-order valence-electron chi connectivity index (χ1n) is 7.32. The predicted molar refractivity (Wildman–Crippen MR) is 89.7 cm³/mol. The fourth-order valence-electron chi connectivity index (χ4n) is 2.23. The Kier molecular flexibility index (Phi) is 6.21. The van der Waals surface area contributed by atoms with Gasteiger partial charge in [0.25, 0.3) is 0 Å². The van der Waals surface area contributed by atoms with E-state index in [0.717, 1.165) is 34.4 Å². The van der Waals surface area contributed by atoms with Gasteiger partial charge < -0.3 is 10.1 Å². The number of para-hydroxylation sites is 1. The van der Waals surface area contributed by atoms with Crippen LogP contribution in [0.1, 0.15) is 37.6 Å². The Morgan fingerprint density at radius 3 is 2.67 bits per heavy atom. The molecule has 112 valence electrons. The molecule has 0 fully saturated rings. The Bertz CT molecular complexity index is 557. The third kappa shape index (κ3) is 4.29. The molecule has 1 unspecified atom stereocenters. The fourth-order valence-corrected chi connectivity index (χ4v) is 2.46. The summed E-state index contributed by atoms with van der Waals surface area (Å²) < 4.78 is 6.75. The zero-order valence-electron chi connectivity index (χ0n) is 12.5. The van der Waals surface area contributed by atoms with Crippen molar-refractivity contribution in [1.82, 2.24) is 10.3 Å². The number of halogens is 1. The highest BCUT2D eigenvalue weighted by molar-refractivity contribution is 9.10. The number of ether oxygens (including phenoxy) is 1. The van der Waals surface area contributed by atoms with E-state index in [-0.39, 0.29) is 6.04 Å². The van der Waals surface area contributed by atoms with E-state index in [9.17, 15) is 0 Å². The summed E-state index contributed by atoms with van der Waals surface area (Å²) in [6.45, 7) is 5.75. The number of nitrogens with zero attached hydrogens (tertiary/aromatic N) is 1. The molecule has 2 rings (SSSR count). The maximum Gasteiger partial charge on any atom is 0.124 e. The summed E-state index contributed by atoms with van der Waals surface area (Å²) in [6, 6.07) is 12.3. The molecule has 1 aromatic carbocycles. The summed E-state index contributed by atoms with van der Waals surface area (Å²) in [6.07, 6.45) is 2.91. The summed E-state index contributed by atoms with van der Waals surface area (Å²) in [4.78, 5) is 4.54. The standard InChI is InChI=1S/C17H21BrN2O/c1-3-11-19-17(15-10-9-13(18)12-20-15)14-7-5-6-8-16(14)21-4-2/h5-10,12,17,19H,3-4,11H2,1-2H3. The Morgan fingerprint density at radius 1 is 1.19 bits per heavy atom. The van der Waals surface area contributed by atoms with E-state index < -0.39 is 0 Å². The van der Waals surface area contributed by atoms with Crippen LogP contribution < -0.4 is 10.1 Å². The van der Waals surface area contributed by atoms with Crippen molar-refractivity contribution >= 4 is 15.9 Å². The summed E-state index contributed by atoms with van der Waals surface area (Å²) in [7, 11) is 0. The van der Waals surface area contributed by atoms with Crippen molar-refractivity contribution in [2.75, 3.05) is 13.2 Å². The summed E-state index contributed by atoms with van der Waals surface area (Å²) in [5, 5.41) is 3.56. The van der Waals surface area contributed by atoms with E-state index in [4.69, 9.17) is 4.74 Å². The van der Waals surface area contributed by atoms with Crippen LogP contribution in [0.2, 0.25) is 0 Å². The Labute approximate surface area is 134 Å². The zero-order valence-corrected chi connectivity index (χ0v) is 14.1. The molecule has 0 amide bonds. The molecule has 3 nitrogen and oxygen atoms in total. The summed E-state index contributed by atoms with van der Waals surface area (Å²) >= 11 is 3.44. The van der Waals surface area contributed by atoms with Crippen molar-refractivity contribution in [3.05, 3.63) is 58.3 Å². The molecule has 1 N–H and O–H groups in total. The smallest absolute Gasteiger partial charge is 0.124 e. The quantitative estimate of drug-likeness (QED) is 0.808. The van der Waals surface area contributed by atoms with E-state index in [1.54, 1.807) is 0 Å². The number of aromatic nitrogens is 1. The topological polar surface area (TPSA) is 34.2 Å². The minimum Gasteiger partial charge on any atom is -0.494 e. The van der Waals surface area contributed by atoms with Crippen LogP contribution in [-0.2, 0) is 0 Å². The van der Waals surface area contributed by atoms with Gasteiger partial charge in [0, 0.05) is 16.2 Å². The van der Waals surface area contributed by atoms with Crippen molar-refractivity contribution in [2.24, 2.45) is 0 Å². The van der Waals surface area contributed by atoms with Gasteiger partial charge in [-0.05, 0) is 54.0 Å². The van der Waals surface area contributed by atoms with Gasteiger partial charge in [0.2, 0.25) is 0 Å². The highest BCUT2D eigenvalue weighted by Gasteiger charge is 2.18. The number of hydrogen-bond acceptors (Lipinski definition) is 3. The number of hydrogen-bond donors (Lipinski definition) is 1. The molecule has 1 heterocycles. The van der Waals surface area contributed by atoms with E-state index in [1.807, 2.05) is 43.5 Å². The average molecular weight is 349 g/mol. The van der Waals surface area contributed by atoms with Gasteiger partial charge in [0.15, 0.2) is 0 Å². The minimum absolute atomic E-state index is 0.0424. The van der Waals surface area contributed by atoms with Crippen LogP contribution in [0.5, 0.6) is 5.75 Å². The van der Waals surface area contributed by atoms with Gasteiger partial charge in [-0.1, -0.05) is 25.1 Å². The maximum atomic E-state index is 5.77. The SMILES string of the molecule is CCCNC(c1ccc(Br)cn1)c1ccccc1OCC. The molecule has 4 heteroatoms. The van der Waals surface area contributed by atoms with Gasteiger partial charge in [0.05, 0.1) is 18.3 Å². The van der Waals surface area contributed by atoms with Gasteiger partial charge >= 0.3 is 0 Å². The van der Waals surface area contributed by atoms with Gasteiger partial charge in [-0.15, -0.1) is 0 Å². The second kappa shape index (κ2) is 8.15. The van der Waals surface area contributed by atoms with Crippen molar-refractivity contribution in [3.63, 3.8) is 0 Å². The molecular formula is C17H21BrN2O. The predicted octanol–water partition coefficient (Wildman–Crippen LogP) is 4.33. The molecule has 0 saturated carbocycles. The summed E-state index contributed by atoms with van der Waals surface area (Å²) in [5.41, 5.74) is 2.13. The lowest BCUT2D eigenvalue weighted by Crippen LogP contribution is -2.24. The maximum absolute atomic E-state index is 5.77. The lowest BCUT2D eigenvalue weighted by atomic mass is 10.0. The molecule has 0 aliphatic carbocycles. The Morgan fingerprint density at radius 2 is 2.00 bits per heavy atom. The van der Waals surface area contributed by atoms with Crippen molar-refractivity contribution in [3.8, 4) is 5.75 Å². The first-order chi connectivity index (χ1) is 10.3. The van der Waals surface area contributed by atoms with Gasteiger partial charge in [0.1, 0.15) is 5.75 Å². The Balaban J connectivity index is 2.37. The van der Waals surface area contributed by atoms with Crippen molar-refractivity contribution in [1.29, 1.82) is 0 Å². The Hall–Kier alpha value is -1.39. The molecule has 0 bridgehead atoms. The largest absolute Gasteiger partial charge is 0.494 e. The van der Waals surface area contributed by atoms with Crippen LogP contribution in [0.4, 0.5) is 0 Å². The third-order valence-corrected chi connectivity index (χ3v) is 3.64. The number of pyridine rings is 1. The molecule has 0 aliphatic heterocycles. The molecule has 0 radical (unpaired) electrons. The van der Waals surface area contributed by atoms with Crippen molar-refractivity contribution in [2.45, 2.75) is 26.3 Å². The van der Waals surface area contributed by atoms with Crippen LogP contribution in [0, 0.1) is 0 Å². The van der Waals surface area contributed by atoms with Crippen LogP contribution in [0.15, 0.2) is 47.1 Å². The molecule has 21 heavy (non-hydrogen) atoms. The third-order valence-electron chi connectivity index (χ3n) is 3.17. The fraction of sp³-hybridized carbons (Fsp3) is 0.353. The van der Waals surface area contributed by atoms with Crippen LogP contribution in [-0.4, -0.2) is 18.1 Å². The first-order valence-corrected chi connectivity index (χ1v) is 8.12. The first kappa shape index (κ1) is 16.0. The minimum atomic E-state index is 0.0424. The molecule has 0 saturated heterocycles. The monoisotopic (exact) mass is 348 g/mol. The molecule has 2 aromatic rings. The second-order valence-corrected chi connectivity index (χ2v) is 5.67. The van der Waals surface area contributed by atoms with Crippen LogP contribution >= 0.6 is 15.9 Å². The van der Waals surface area contributed by atoms with Crippen LogP contribution in [0.3, 0.4) is 0 Å². The van der Waals surface area contributed by atoms with Crippen LogP contribution in [0.25, 0.3) is 0 Å². The summed E-state index contributed by atoms with van der Waals surface area (Å²) in [5.74, 6) is 0.915. The second-order valence-electron chi connectivity index (χ2n) is 4.76. The van der Waals surface area contributed by atoms with Crippen molar-refractivity contribution < 1.29 is 4.74 Å². The lowest BCUT2D eigenvalue weighted by Gasteiger charge is -2.21. The normalized spacial score (nSPS) is 12.1. The molecule has 0 spiro atoms. The highest BCUT2D eigenvalue weighted by atomic mass is 79.9. The average Bonchev–Trinajstić information content (AvgIpc) is 2.51. The molecule has 1 aromatic heterocycles. The van der Waals surface area contributed by atoms with E-state index >= 15 is 0 Å². The lowest BCUT2D eigenvalue weighted by molar-refractivity contribution is 0.333. The van der Waals surface area contributed by atoms with Gasteiger partial charge in [-0.3, -0.25) is 4.98 Å². The molecule has 1 atom stereocenters. The van der Waals surface area contributed by atoms with E-state index in [1.165, 1.54) is 0 Å². The molecular weight excluding hydrogens is 328 g/mol. The molecule has 0 aliphatic rings. The van der Waals surface area contributed by atoms with Gasteiger partial charge in [-0.25, -0.2) is 0 Å². The van der Waals surface area contributed by atoms with Gasteiger partial charge in [-0.2, -0.15) is 0 Å². The van der Waals surface area contributed by atoms with E-state index in [2.05, 4.69) is 39.2 Å². The number of benzene rings is 1. The number of rotatable bonds is 7.